The second-order valence-corrected chi connectivity index (χ2v) is 13.8. The fraction of sp³-hybridized carbons (Fsp3) is 0. The lowest BCUT2D eigenvalue weighted by atomic mass is 9.84. The Morgan fingerprint density at radius 2 is 0.939 bits per heavy atom. The van der Waals surface area contributed by atoms with Crippen molar-refractivity contribution in [3.8, 4) is 33.6 Å². The molecule has 3 aromatic heterocycles. The quantitative estimate of drug-likeness (QED) is 0.179. The van der Waals surface area contributed by atoms with Crippen LogP contribution in [0.3, 0.4) is 0 Å². The third kappa shape index (κ3) is 3.82. The average Bonchev–Trinajstić information content (AvgIpc) is 3.85. The minimum Gasteiger partial charge on any atom is -0.456 e. The minimum atomic E-state index is 0.829. The number of thiophene rings is 1. The van der Waals surface area contributed by atoms with Gasteiger partial charge in [-0.15, -0.1) is 11.3 Å². The molecule has 0 saturated heterocycles. The molecule has 0 amide bonds. The summed E-state index contributed by atoms with van der Waals surface area (Å²) in [6, 6.07) is 56.5. The van der Waals surface area contributed by atoms with Gasteiger partial charge >= 0.3 is 0 Å². The monoisotopic (exact) mass is 642 g/mol. The van der Waals surface area contributed by atoms with Crippen LogP contribution in [-0.4, -0.2) is 0 Å². The van der Waals surface area contributed by atoms with Crippen LogP contribution in [0.5, 0.6) is 0 Å². The molecular weight excluding hydrogens is 617 g/mol. The molecule has 0 unspecified atom stereocenters. The van der Waals surface area contributed by atoms with E-state index in [4.69, 9.17) is 8.83 Å². The second-order valence-electron chi connectivity index (χ2n) is 12.7. The van der Waals surface area contributed by atoms with Crippen LogP contribution in [0.1, 0.15) is 0 Å². The molecule has 0 saturated carbocycles. The second kappa shape index (κ2) is 10.2. The van der Waals surface area contributed by atoms with Crippen LogP contribution < -0.4 is 0 Å². The van der Waals surface area contributed by atoms with E-state index in [2.05, 4.69) is 146 Å². The molecule has 228 valence electrons. The van der Waals surface area contributed by atoms with Crippen LogP contribution in [0.2, 0.25) is 0 Å². The highest BCUT2D eigenvalue weighted by Gasteiger charge is 2.26. The fourth-order valence-corrected chi connectivity index (χ4v) is 9.14. The van der Waals surface area contributed by atoms with Crippen molar-refractivity contribution in [2.24, 2.45) is 0 Å². The van der Waals surface area contributed by atoms with E-state index in [-0.39, 0.29) is 0 Å². The third-order valence-electron chi connectivity index (χ3n) is 10.1. The van der Waals surface area contributed by atoms with Gasteiger partial charge in [0.15, 0.2) is 0 Å². The molecule has 3 heteroatoms. The largest absolute Gasteiger partial charge is 0.456 e. The Hall–Kier alpha value is -6.16. The van der Waals surface area contributed by atoms with Crippen molar-refractivity contribution >= 4 is 86.0 Å². The Labute approximate surface area is 285 Å². The summed E-state index contributed by atoms with van der Waals surface area (Å²) in [6.45, 7) is 0. The summed E-state index contributed by atoms with van der Waals surface area (Å²) in [7, 11) is 0. The van der Waals surface area contributed by atoms with Crippen LogP contribution >= 0.6 is 11.3 Å². The highest BCUT2D eigenvalue weighted by molar-refractivity contribution is 7.25. The molecule has 0 aliphatic rings. The van der Waals surface area contributed by atoms with Gasteiger partial charge < -0.3 is 8.83 Å². The first kappa shape index (κ1) is 26.9. The Bertz CT molecular complexity index is 3050. The molecule has 8 aromatic carbocycles. The van der Waals surface area contributed by atoms with E-state index in [9.17, 15) is 0 Å². The van der Waals surface area contributed by atoms with Gasteiger partial charge in [0.1, 0.15) is 22.5 Å². The van der Waals surface area contributed by atoms with Gasteiger partial charge in [-0.3, -0.25) is 0 Å². The molecule has 0 aliphatic heterocycles. The number of rotatable bonds is 3. The molecule has 0 N–H and O–H groups in total. The molecule has 0 radical (unpaired) electrons. The van der Waals surface area contributed by atoms with Crippen molar-refractivity contribution in [1.29, 1.82) is 0 Å². The Morgan fingerprint density at radius 3 is 1.69 bits per heavy atom. The fourth-order valence-electron chi connectivity index (χ4n) is 7.99. The number of para-hydroxylation sites is 1. The maximum absolute atomic E-state index is 7.05. The molecule has 11 rings (SSSR count). The van der Waals surface area contributed by atoms with E-state index < -0.39 is 0 Å². The standard InChI is InChI=1S/C46H26O2S/c1-2-12-27(13-3-1)45-44(36-24-25-38-43(46(36)48-45)35-19-8-10-20-37(35)47-38)42-33-17-6-4-15-31(33)41(32-16-5-7-18-34(32)42)28-22-23-30-29-14-9-11-21-39(29)49-40(30)26-28/h1-26H. The van der Waals surface area contributed by atoms with Crippen LogP contribution in [0.4, 0.5) is 0 Å². The topological polar surface area (TPSA) is 26.3 Å². The van der Waals surface area contributed by atoms with Crippen molar-refractivity contribution < 1.29 is 8.83 Å². The van der Waals surface area contributed by atoms with Crippen molar-refractivity contribution in [2.45, 2.75) is 0 Å². The summed E-state index contributed by atoms with van der Waals surface area (Å²) in [5.74, 6) is 0.864. The van der Waals surface area contributed by atoms with Crippen molar-refractivity contribution in [3.63, 3.8) is 0 Å². The lowest BCUT2D eigenvalue weighted by Crippen LogP contribution is -1.91. The summed E-state index contributed by atoms with van der Waals surface area (Å²) >= 11 is 1.87. The first-order chi connectivity index (χ1) is 24.3. The summed E-state index contributed by atoms with van der Waals surface area (Å²) in [4.78, 5) is 0. The van der Waals surface area contributed by atoms with Gasteiger partial charge in [0.05, 0.1) is 5.39 Å². The van der Waals surface area contributed by atoms with Gasteiger partial charge in [-0.05, 0) is 63.0 Å². The Balaban J connectivity index is 1.28. The van der Waals surface area contributed by atoms with E-state index in [1.807, 2.05) is 23.5 Å². The summed E-state index contributed by atoms with van der Waals surface area (Å²) in [6.07, 6.45) is 0. The first-order valence-corrected chi connectivity index (χ1v) is 17.4. The molecule has 0 bridgehead atoms. The zero-order chi connectivity index (χ0) is 32.1. The lowest BCUT2D eigenvalue weighted by molar-refractivity contribution is 0.634. The molecule has 0 aliphatic carbocycles. The highest BCUT2D eigenvalue weighted by atomic mass is 32.1. The van der Waals surface area contributed by atoms with Gasteiger partial charge in [-0.25, -0.2) is 0 Å². The van der Waals surface area contributed by atoms with Crippen molar-refractivity contribution in [3.05, 3.63) is 158 Å². The van der Waals surface area contributed by atoms with E-state index >= 15 is 0 Å². The maximum Gasteiger partial charge on any atom is 0.147 e. The van der Waals surface area contributed by atoms with Gasteiger partial charge in [0, 0.05) is 47.6 Å². The summed E-state index contributed by atoms with van der Waals surface area (Å²) in [5, 5.41) is 10.6. The molecule has 0 fully saturated rings. The molecule has 0 atom stereocenters. The average molecular weight is 643 g/mol. The first-order valence-electron chi connectivity index (χ1n) is 16.6. The van der Waals surface area contributed by atoms with E-state index in [1.54, 1.807) is 0 Å². The van der Waals surface area contributed by atoms with E-state index in [0.29, 0.717) is 0 Å². The van der Waals surface area contributed by atoms with E-state index in [1.165, 1.54) is 58.4 Å². The number of hydrogen-bond donors (Lipinski definition) is 0. The van der Waals surface area contributed by atoms with Crippen LogP contribution in [0.15, 0.2) is 167 Å². The van der Waals surface area contributed by atoms with Gasteiger partial charge in [-0.1, -0.05) is 127 Å². The van der Waals surface area contributed by atoms with Crippen LogP contribution in [-0.2, 0) is 0 Å². The maximum atomic E-state index is 7.05. The molecule has 49 heavy (non-hydrogen) atoms. The number of benzene rings is 8. The van der Waals surface area contributed by atoms with Crippen LogP contribution in [0, 0.1) is 0 Å². The predicted molar refractivity (Wildman–Crippen MR) is 208 cm³/mol. The zero-order valence-electron chi connectivity index (χ0n) is 26.2. The van der Waals surface area contributed by atoms with Gasteiger partial charge in [0.25, 0.3) is 0 Å². The Kier molecular flexibility index (Phi) is 5.57. The van der Waals surface area contributed by atoms with Crippen molar-refractivity contribution in [2.75, 3.05) is 0 Å². The molecule has 2 nitrogen and oxygen atoms in total. The van der Waals surface area contributed by atoms with Crippen LogP contribution in [0.25, 0.3) is 108 Å². The number of furan rings is 2. The smallest absolute Gasteiger partial charge is 0.147 e. The third-order valence-corrected chi connectivity index (χ3v) is 11.2. The van der Waals surface area contributed by atoms with Gasteiger partial charge in [-0.2, -0.15) is 0 Å². The number of hydrogen-bond acceptors (Lipinski definition) is 3. The van der Waals surface area contributed by atoms with Gasteiger partial charge in [0.2, 0.25) is 0 Å². The normalized spacial score (nSPS) is 12.1. The molecule has 11 aromatic rings. The highest BCUT2D eigenvalue weighted by Crippen LogP contribution is 2.51. The summed E-state index contributed by atoms with van der Waals surface area (Å²) in [5.41, 5.74) is 8.35. The zero-order valence-corrected chi connectivity index (χ0v) is 27.1. The molecule has 3 heterocycles. The predicted octanol–water partition coefficient (Wildman–Crippen LogP) is 14.0. The van der Waals surface area contributed by atoms with E-state index in [0.717, 1.165) is 49.8 Å². The van der Waals surface area contributed by atoms with Crippen molar-refractivity contribution in [1.82, 2.24) is 0 Å². The number of fused-ring (bicyclic) bond motifs is 10. The lowest BCUT2D eigenvalue weighted by Gasteiger charge is -2.18. The SMILES string of the molecule is c1ccc(-c2oc3c(ccc4oc5ccccc5c43)c2-c2c3ccccc3c(-c3ccc4c(c3)sc3ccccc34)c3ccccc23)cc1. The summed E-state index contributed by atoms with van der Waals surface area (Å²) < 4.78 is 16.0. The Morgan fingerprint density at radius 1 is 0.347 bits per heavy atom. The minimum absolute atomic E-state index is 0.829. The molecule has 0 spiro atoms. The molecular formula is C46H26O2S.